The Morgan fingerprint density at radius 3 is 2.23 bits per heavy atom. The van der Waals surface area contributed by atoms with E-state index in [2.05, 4.69) is 4.72 Å². The van der Waals surface area contributed by atoms with Crippen LogP contribution in [-0.4, -0.2) is 54.6 Å². The Balaban J connectivity index is 3.00. The van der Waals surface area contributed by atoms with Crippen molar-refractivity contribution in [2.75, 3.05) is 37.7 Å². The Labute approximate surface area is 141 Å². The largest absolute Gasteiger partial charge is 0.278 e. The minimum absolute atomic E-state index is 0.0880. The molecule has 0 amide bonds. The molecule has 0 bridgehead atoms. The number of sulfonamides is 1. The quantitative estimate of drug-likeness (QED) is 0.757. The molecule has 0 aliphatic carbocycles. The van der Waals surface area contributed by atoms with Gasteiger partial charge in [0.2, 0.25) is 10.0 Å². The number of halogens is 2. The van der Waals surface area contributed by atoms with E-state index in [4.69, 9.17) is 23.2 Å². The minimum atomic E-state index is -3.65. The summed E-state index contributed by atoms with van der Waals surface area (Å²) in [5.41, 5.74) is 0.195. The van der Waals surface area contributed by atoms with Crippen molar-refractivity contribution in [3.05, 3.63) is 28.2 Å². The molecule has 1 aromatic carbocycles. The van der Waals surface area contributed by atoms with E-state index in [1.165, 1.54) is 26.2 Å². The number of nitrogens with one attached hydrogen (secondary N) is 1. The fourth-order valence-electron chi connectivity index (χ4n) is 1.56. The summed E-state index contributed by atoms with van der Waals surface area (Å²) in [6, 6.07) is 4.59. The zero-order valence-electron chi connectivity index (χ0n) is 12.2. The van der Waals surface area contributed by atoms with Crippen LogP contribution in [0.5, 0.6) is 0 Å². The summed E-state index contributed by atoms with van der Waals surface area (Å²) in [5, 5.41) is 0.298. The summed E-state index contributed by atoms with van der Waals surface area (Å²) < 4.78 is 51.4. The zero-order valence-corrected chi connectivity index (χ0v) is 15.4. The number of nitrogens with zero attached hydrogens (tertiary/aromatic N) is 2. The summed E-state index contributed by atoms with van der Waals surface area (Å²) in [6.45, 7) is -0.234. The molecule has 22 heavy (non-hydrogen) atoms. The standard InChI is InChI=1S/C11H17Cl2N3O4S2/c1-15(2)22(19,20)14-7-8-16(21(3,17)18)10-6-4-5-9(12)11(10)13/h4-6,14H,7-8H2,1-3H3. The van der Waals surface area contributed by atoms with Gasteiger partial charge in [0, 0.05) is 27.2 Å². The highest BCUT2D eigenvalue weighted by molar-refractivity contribution is 7.92. The third-order valence-corrected chi connectivity index (χ3v) is 6.20. The Morgan fingerprint density at radius 1 is 1.14 bits per heavy atom. The lowest BCUT2D eigenvalue weighted by Crippen LogP contribution is -2.42. The van der Waals surface area contributed by atoms with Gasteiger partial charge < -0.3 is 0 Å². The molecule has 126 valence electrons. The maximum atomic E-state index is 11.9. The van der Waals surface area contributed by atoms with Crippen LogP contribution in [0.15, 0.2) is 18.2 Å². The molecule has 1 N–H and O–H groups in total. The van der Waals surface area contributed by atoms with Crippen LogP contribution in [-0.2, 0) is 20.2 Å². The van der Waals surface area contributed by atoms with Crippen LogP contribution in [0.4, 0.5) is 5.69 Å². The number of hydrogen-bond acceptors (Lipinski definition) is 4. The van der Waals surface area contributed by atoms with E-state index in [9.17, 15) is 16.8 Å². The molecule has 11 heteroatoms. The number of anilines is 1. The molecule has 0 unspecified atom stereocenters. The molecule has 1 aromatic rings. The molecule has 0 saturated carbocycles. The van der Waals surface area contributed by atoms with Crippen LogP contribution in [0.1, 0.15) is 0 Å². The van der Waals surface area contributed by atoms with E-state index in [1.807, 2.05) is 0 Å². The first-order chi connectivity index (χ1) is 9.97. The van der Waals surface area contributed by atoms with Gasteiger partial charge in [0.15, 0.2) is 0 Å². The normalized spacial score (nSPS) is 12.6. The third-order valence-electron chi connectivity index (χ3n) is 2.68. The zero-order chi connectivity index (χ0) is 17.1. The molecule has 1 rings (SSSR count). The fraction of sp³-hybridized carbons (Fsp3) is 0.455. The van der Waals surface area contributed by atoms with Gasteiger partial charge in [-0.15, -0.1) is 0 Å². The molecule has 0 spiro atoms. The Hall–Kier alpha value is -0.580. The van der Waals surface area contributed by atoms with Crippen molar-refractivity contribution in [1.82, 2.24) is 9.03 Å². The molecule has 0 radical (unpaired) electrons. The van der Waals surface area contributed by atoms with Gasteiger partial charge in [0.05, 0.1) is 22.0 Å². The molecule has 0 aliphatic heterocycles. The second kappa shape index (κ2) is 7.33. The van der Waals surface area contributed by atoms with Crippen molar-refractivity contribution in [2.45, 2.75) is 0 Å². The van der Waals surface area contributed by atoms with Crippen LogP contribution >= 0.6 is 23.2 Å². The maximum Gasteiger partial charge on any atom is 0.278 e. The van der Waals surface area contributed by atoms with Crippen LogP contribution in [0.2, 0.25) is 10.0 Å². The van der Waals surface area contributed by atoms with Crippen molar-refractivity contribution in [3.63, 3.8) is 0 Å². The van der Waals surface area contributed by atoms with Crippen LogP contribution < -0.4 is 9.03 Å². The van der Waals surface area contributed by atoms with Crippen molar-refractivity contribution in [3.8, 4) is 0 Å². The van der Waals surface area contributed by atoms with E-state index < -0.39 is 20.2 Å². The van der Waals surface area contributed by atoms with Gasteiger partial charge in [-0.1, -0.05) is 29.3 Å². The van der Waals surface area contributed by atoms with Crippen LogP contribution in [0.25, 0.3) is 0 Å². The first-order valence-electron chi connectivity index (χ1n) is 6.05. The van der Waals surface area contributed by atoms with E-state index in [0.717, 1.165) is 14.9 Å². The van der Waals surface area contributed by atoms with Crippen LogP contribution in [0, 0.1) is 0 Å². The highest BCUT2D eigenvalue weighted by atomic mass is 35.5. The highest BCUT2D eigenvalue weighted by Gasteiger charge is 2.22. The first-order valence-corrected chi connectivity index (χ1v) is 10.1. The Morgan fingerprint density at radius 2 is 1.73 bits per heavy atom. The topological polar surface area (TPSA) is 86.8 Å². The molecule has 0 fully saturated rings. The molecule has 7 nitrogen and oxygen atoms in total. The number of rotatable bonds is 7. The van der Waals surface area contributed by atoms with Gasteiger partial charge in [-0.2, -0.15) is 12.7 Å². The predicted octanol–water partition coefficient (Wildman–Crippen LogP) is 1.16. The Kier molecular flexibility index (Phi) is 6.48. The predicted molar refractivity (Wildman–Crippen MR) is 89.3 cm³/mol. The minimum Gasteiger partial charge on any atom is -0.268 e. The summed E-state index contributed by atoms with van der Waals surface area (Å²) in [5.74, 6) is 0. The first kappa shape index (κ1) is 19.5. The molecular weight excluding hydrogens is 373 g/mol. The van der Waals surface area contributed by atoms with Gasteiger partial charge in [0.1, 0.15) is 0 Å². The summed E-state index contributed by atoms with van der Waals surface area (Å²) in [4.78, 5) is 0. The second-order valence-corrected chi connectivity index (χ2v) is 9.25. The van der Waals surface area contributed by atoms with Gasteiger partial charge in [-0.3, -0.25) is 4.31 Å². The summed E-state index contributed by atoms with van der Waals surface area (Å²) in [7, 11) is -4.56. The fourth-order valence-corrected chi connectivity index (χ4v) is 3.54. The summed E-state index contributed by atoms with van der Waals surface area (Å²) >= 11 is 11.9. The van der Waals surface area contributed by atoms with E-state index in [1.54, 1.807) is 6.07 Å². The monoisotopic (exact) mass is 389 g/mol. The van der Waals surface area contributed by atoms with Crippen molar-refractivity contribution in [1.29, 1.82) is 0 Å². The molecule has 0 aromatic heterocycles. The molecule has 0 saturated heterocycles. The SMILES string of the molecule is CN(C)S(=O)(=O)NCCN(c1cccc(Cl)c1Cl)S(C)(=O)=O. The number of benzene rings is 1. The van der Waals surface area contributed by atoms with Gasteiger partial charge in [-0.05, 0) is 12.1 Å². The van der Waals surface area contributed by atoms with Crippen molar-refractivity contribution >= 4 is 49.1 Å². The smallest absolute Gasteiger partial charge is 0.268 e. The lowest BCUT2D eigenvalue weighted by Gasteiger charge is -2.24. The average molecular weight is 390 g/mol. The van der Waals surface area contributed by atoms with E-state index >= 15 is 0 Å². The third kappa shape index (κ3) is 4.97. The average Bonchev–Trinajstić information content (AvgIpc) is 2.37. The van der Waals surface area contributed by atoms with Gasteiger partial charge in [0.25, 0.3) is 10.2 Å². The molecule has 0 heterocycles. The van der Waals surface area contributed by atoms with Gasteiger partial charge in [-0.25, -0.2) is 13.1 Å². The number of hydrogen-bond donors (Lipinski definition) is 1. The highest BCUT2D eigenvalue weighted by Crippen LogP contribution is 2.33. The van der Waals surface area contributed by atoms with Crippen LogP contribution in [0.3, 0.4) is 0 Å². The lowest BCUT2D eigenvalue weighted by molar-refractivity contribution is 0.506. The molecule has 0 aliphatic rings. The van der Waals surface area contributed by atoms with Crippen molar-refractivity contribution in [2.24, 2.45) is 0 Å². The second-order valence-electron chi connectivity index (χ2n) is 4.59. The van der Waals surface area contributed by atoms with Gasteiger partial charge >= 0.3 is 0 Å². The lowest BCUT2D eigenvalue weighted by atomic mass is 10.3. The molecular formula is C11H17Cl2N3O4S2. The maximum absolute atomic E-state index is 11.9. The van der Waals surface area contributed by atoms with Crippen molar-refractivity contribution < 1.29 is 16.8 Å². The Bertz CT molecular complexity index is 736. The summed E-state index contributed by atoms with van der Waals surface area (Å²) in [6.07, 6.45) is 1.00. The molecule has 0 atom stereocenters. The van der Waals surface area contributed by atoms with E-state index in [-0.39, 0.29) is 28.8 Å². The van der Waals surface area contributed by atoms with E-state index in [0.29, 0.717) is 0 Å².